The van der Waals surface area contributed by atoms with Gasteiger partial charge in [0.15, 0.2) is 5.96 Å². The van der Waals surface area contributed by atoms with Gasteiger partial charge < -0.3 is 15.5 Å². The average Bonchev–Trinajstić information content (AvgIpc) is 3.15. The molecule has 142 valence electrons. The summed E-state index contributed by atoms with van der Waals surface area (Å²) in [7, 11) is 4.23. The summed E-state index contributed by atoms with van der Waals surface area (Å²) in [6, 6.07) is 1.38. The van der Waals surface area contributed by atoms with Crippen molar-refractivity contribution in [2.75, 3.05) is 40.3 Å². The number of guanidine groups is 1. The molecule has 1 aliphatic carbocycles. The molecule has 1 aliphatic heterocycles. The zero-order chi connectivity index (χ0) is 16.9. The predicted molar refractivity (Wildman–Crippen MR) is 115 cm³/mol. The van der Waals surface area contributed by atoms with E-state index >= 15 is 0 Å². The maximum absolute atomic E-state index is 4.83. The third kappa shape index (κ3) is 6.33. The van der Waals surface area contributed by atoms with E-state index in [0.29, 0.717) is 6.04 Å². The van der Waals surface area contributed by atoms with Crippen LogP contribution < -0.4 is 10.6 Å². The molecule has 0 aromatic heterocycles. The first-order valence-corrected chi connectivity index (χ1v) is 9.38. The van der Waals surface area contributed by atoms with Gasteiger partial charge in [-0.05, 0) is 54.1 Å². The van der Waals surface area contributed by atoms with Crippen molar-refractivity contribution in [3.63, 3.8) is 0 Å². The van der Waals surface area contributed by atoms with Crippen LogP contribution in [-0.4, -0.2) is 73.7 Å². The zero-order valence-corrected chi connectivity index (χ0v) is 18.6. The summed E-state index contributed by atoms with van der Waals surface area (Å²) in [4.78, 5) is 9.75. The number of likely N-dealkylation sites (N-methyl/N-ethyl adjacent to an activating group) is 1. The Morgan fingerprint density at radius 2 is 1.88 bits per heavy atom. The van der Waals surface area contributed by atoms with Gasteiger partial charge in [0.2, 0.25) is 0 Å². The SMILES string of the molecule is CCNC(=NCC(C)(C)N(C)C)NC1CCN(C2CCCC2)C1.I. The van der Waals surface area contributed by atoms with Crippen molar-refractivity contribution in [2.24, 2.45) is 4.99 Å². The molecule has 0 amide bonds. The molecule has 6 heteroatoms. The van der Waals surface area contributed by atoms with Crippen molar-refractivity contribution in [3.8, 4) is 0 Å². The van der Waals surface area contributed by atoms with Crippen LogP contribution in [-0.2, 0) is 0 Å². The first kappa shape index (κ1) is 22.0. The van der Waals surface area contributed by atoms with Crippen molar-refractivity contribution in [1.82, 2.24) is 20.4 Å². The van der Waals surface area contributed by atoms with Gasteiger partial charge in [-0.2, -0.15) is 0 Å². The Hall–Kier alpha value is -0.0800. The summed E-state index contributed by atoms with van der Waals surface area (Å²) in [5, 5.41) is 7.07. The van der Waals surface area contributed by atoms with E-state index in [2.05, 4.69) is 55.3 Å². The minimum Gasteiger partial charge on any atom is -0.357 e. The van der Waals surface area contributed by atoms with Gasteiger partial charge in [-0.15, -0.1) is 24.0 Å². The molecule has 0 spiro atoms. The highest BCUT2D eigenvalue weighted by molar-refractivity contribution is 14.0. The third-order valence-corrected chi connectivity index (χ3v) is 5.58. The number of nitrogens with one attached hydrogen (secondary N) is 2. The molecular weight excluding hydrogens is 413 g/mol. The Balaban J connectivity index is 0.00000288. The molecule has 0 bridgehead atoms. The second-order valence-corrected chi connectivity index (χ2v) is 7.97. The van der Waals surface area contributed by atoms with Crippen LogP contribution in [0.3, 0.4) is 0 Å². The molecule has 2 N–H and O–H groups in total. The molecule has 2 aliphatic rings. The zero-order valence-electron chi connectivity index (χ0n) is 16.3. The monoisotopic (exact) mass is 451 g/mol. The fourth-order valence-electron chi connectivity index (χ4n) is 3.43. The van der Waals surface area contributed by atoms with E-state index < -0.39 is 0 Å². The van der Waals surface area contributed by atoms with E-state index in [0.717, 1.165) is 25.1 Å². The smallest absolute Gasteiger partial charge is 0.191 e. The maximum Gasteiger partial charge on any atom is 0.191 e. The van der Waals surface area contributed by atoms with Gasteiger partial charge in [-0.3, -0.25) is 9.89 Å². The lowest BCUT2D eigenvalue weighted by Crippen LogP contribution is -2.47. The van der Waals surface area contributed by atoms with Crippen molar-refractivity contribution >= 4 is 29.9 Å². The minimum absolute atomic E-state index is 0. The molecule has 1 saturated heterocycles. The summed E-state index contributed by atoms with van der Waals surface area (Å²) in [5.74, 6) is 0.973. The van der Waals surface area contributed by atoms with Crippen LogP contribution in [0, 0.1) is 0 Å². The number of nitrogens with zero attached hydrogens (tertiary/aromatic N) is 3. The molecule has 0 aromatic rings. The molecule has 1 atom stereocenters. The Kier molecular flexibility index (Phi) is 9.30. The average molecular weight is 451 g/mol. The highest BCUT2D eigenvalue weighted by atomic mass is 127. The van der Waals surface area contributed by atoms with Gasteiger partial charge in [-0.1, -0.05) is 12.8 Å². The lowest BCUT2D eigenvalue weighted by Gasteiger charge is -2.31. The summed E-state index contributed by atoms with van der Waals surface area (Å²) in [6.07, 6.45) is 6.87. The molecule has 1 saturated carbocycles. The highest BCUT2D eigenvalue weighted by Gasteiger charge is 2.30. The predicted octanol–water partition coefficient (Wildman–Crippen LogP) is 2.52. The number of likely N-dealkylation sites (tertiary alicyclic amines) is 1. The Morgan fingerprint density at radius 1 is 1.21 bits per heavy atom. The number of hydrogen-bond donors (Lipinski definition) is 2. The lowest BCUT2D eigenvalue weighted by molar-refractivity contribution is 0.204. The fraction of sp³-hybridized carbons (Fsp3) is 0.944. The molecular formula is C18H38IN5. The topological polar surface area (TPSA) is 42.9 Å². The fourth-order valence-corrected chi connectivity index (χ4v) is 3.43. The van der Waals surface area contributed by atoms with Crippen molar-refractivity contribution in [1.29, 1.82) is 0 Å². The van der Waals surface area contributed by atoms with Crippen LogP contribution >= 0.6 is 24.0 Å². The van der Waals surface area contributed by atoms with E-state index in [1.54, 1.807) is 0 Å². The van der Waals surface area contributed by atoms with Gasteiger partial charge in [0, 0.05) is 37.3 Å². The van der Waals surface area contributed by atoms with Crippen LogP contribution in [0.15, 0.2) is 4.99 Å². The largest absolute Gasteiger partial charge is 0.357 e. The molecule has 1 unspecified atom stereocenters. The van der Waals surface area contributed by atoms with E-state index in [1.165, 1.54) is 45.2 Å². The normalized spacial score (nSPS) is 23.6. The standard InChI is InChI=1S/C18H37N5.HI/c1-6-19-17(20-14-18(2,3)22(4)5)21-15-11-12-23(13-15)16-9-7-8-10-16;/h15-16H,6-14H2,1-5H3,(H2,19,20,21);1H. The van der Waals surface area contributed by atoms with Crippen LogP contribution in [0.1, 0.15) is 52.9 Å². The molecule has 0 aromatic carbocycles. The highest BCUT2D eigenvalue weighted by Crippen LogP contribution is 2.26. The van der Waals surface area contributed by atoms with Crippen LogP contribution in [0.4, 0.5) is 0 Å². The molecule has 5 nitrogen and oxygen atoms in total. The van der Waals surface area contributed by atoms with Crippen LogP contribution in [0.2, 0.25) is 0 Å². The summed E-state index contributed by atoms with van der Waals surface area (Å²) in [6.45, 7) is 10.7. The first-order chi connectivity index (χ1) is 10.9. The van der Waals surface area contributed by atoms with E-state index in [9.17, 15) is 0 Å². The Labute approximate surface area is 166 Å². The minimum atomic E-state index is 0. The third-order valence-electron chi connectivity index (χ3n) is 5.58. The summed E-state index contributed by atoms with van der Waals surface area (Å²) < 4.78 is 0. The van der Waals surface area contributed by atoms with Gasteiger partial charge in [-0.25, -0.2) is 0 Å². The number of halogens is 1. The summed E-state index contributed by atoms with van der Waals surface area (Å²) in [5.41, 5.74) is 0.0773. The molecule has 0 radical (unpaired) electrons. The van der Waals surface area contributed by atoms with E-state index in [-0.39, 0.29) is 29.5 Å². The lowest BCUT2D eigenvalue weighted by atomic mass is 10.1. The van der Waals surface area contributed by atoms with Crippen LogP contribution in [0.25, 0.3) is 0 Å². The van der Waals surface area contributed by atoms with Gasteiger partial charge in [0.1, 0.15) is 0 Å². The summed E-state index contributed by atoms with van der Waals surface area (Å²) >= 11 is 0. The number of aliphatic imine (C=N–C) groups is 1. The molecule has 1 heterocycles. The van der Waals surface area contributed by atoms with Crippen molar-refractivity contribution < 1.29 is 0 Å². The van der Waals surface area contributed by atoms with Gasteiger partial charge in [0.05, 0.1) is 6.54 Å². The number of rotatable bonds is 6. The molecule has 2 fully saturated rings. The Bertz CT molecular complexity index is 391. The second kappa shape index (κ2) is 10.2. The maximum atomic E-state index is 4.83. The van der Waals surface area contributed by atoms with Crippen LogP contribution in [0.5, 0.6) is 0 Å². The van der Waals surface area contributed by atoms with E-state index in [1.807, 2.05) is 0 Å². The van der Waals surface area contributed by atoms with Crippen molar-refractivity contribution in [2.45, 2.75) is 70.5 Å². The number of hydrogen-bond acceptors (Lipinski definition) is 3. The van der Waals surface area contributed by atoms with Gasteiger partial charge >= 0.3 is 0 Å². The molecule has 24 heavy (non-hydrogen) atoms. The van der Waals surface area contributed by atoms with E-state index in [4.69, 9.17) is 4.99 Å². The first-order valence-electron chi connectivity index (χ1n) is 9.38. The second-order valence-electron chi connectivity index (χ2n) is 7.97. The van der Waals surface area contributed by atoms with Crippen molar-refractivity contribution in [3.05, 3.63) is 0 Å². The quantitative estimate of drug-likeness (QED) is 0.370. The Morgan fingerprint density at radius 3 is 2.46 bits per heavy atom. The molecule has 2 rings (SSSR count). The van der Waals surface area contributed by atoms with Gasteiger partial charge in [0.25, 0.3) is 0 Å².